The van der Waals surface area contributed by atoms with Crippen molar-refractivity contribution in [1.82, 2.24) is 10.2 Å². The van der Waals surface area contributed by atoms with Crippen LogP contribution in [0.1, 0.15) is 50.7 Å². The normalized spacial score (nSPS) is 21.0. The SMILES string of the molecule is CCC(C)(C(Cc1ccccc1C)NC)N1CCCCC1. The number of hydrogen-bond acceptors (Lipinski definition) is 2. The quantitative estimate of drug-likeness (QED) is 0.857. The summed E-state index contributed by atoms with van der Waals surface area (Å²) in [6.07, 6.45) is 6.43. The summed E-state index contributed by atoms with van der Waals surface area (Å²) in [6.45, 7) is 9.55. The topological polar surface area (TPSA) is 15.3 Å². The maximum absolute atomic E-state index is 3.62. The van der Waals surface area contributed by atoms with Crippen molar-refractivity contribution >= 4 is 0 Å². The van der Waals surface area contributed by atoms with E-state index in [2.05, 4.69) is 62.3 Å². The van der Waals surface area contributed by atoms with Gasteiger partial charge in [-0.1, -0.05) is 37.6 Å². The van der Waals surface area contributed by atoms with Crippen LogP contribution in [0.2, 0.25) is 0 Å². The fourth-order valence-corrected chi connectivity index (χ4v) is 3.79. The van der Waals surface area contributed by atoms with Crippen LogP contribution in [-0.4, -0.2) is 36.6 Å². The second kappa shape index (κ2) is 7.42. The average molecular weight is 288 g/mol. The van der Waals surface area contributed by atoms with Crippen LogP contribution in [0.25, 0.3) is 0 Å². The summed E-state index contributed by atoms with van der Waals surface area (Å²) in [4.78, 5) is 2.73. The first-order valence-electron chi connectivity index (χ1n) is 8.58. The lowest BCUT2D eigenvalue weighted by Crippen LogP contribution is -2.60. The summed E-state index contributed by atoms with van der Waals surface area (Å²) in [7, 11) is 2.13. The van der Waals surface area contributed by atoms with Crippen molar-refractivity contribution in [3.05, 3.63) is 35.4 Å². The number of nitrogens with zero attached hydrogens (tertiary/aromatic N) is 1. The lowest BCUT2D eigenvalue weighted by Gasteiger charge is -2.48. The monoisotopic (exact) mass is 288 g/mol. The maximum atomic E-state index is 3.62. The smallest absolute Gasteiger partial charge is 0.0334 e. The van der Waals surface area contributed by atoms with Gasteiger partial charge in [0, 0.05) is 11.6 Å². The highest BCUT2D eigenvalue weighted by Gasteiger charge is 2.37. The number of piperidine rings is 1. The van der Waals surface area contributed by atoms with Gasteiger partial charge in [0.15, 0.2) is 0 Å². The van der Waals surface area contributed by atoms with Crippen LogP contribution in [0.4, 0.5) is 0 Å². The van der Waals surface area contributed by atoms with Crippen LogP contribution in [-0.2, 0) is 6.42 Å². The average Bonchev–Trinajstić information content (AvgIpc) is 2.54. The molecule has 2 nitrogen and oxygen atoms in total. The zero-order valence-electron chi connectivity index (χ0n) is 14.3. The van der Waals surface area contributed by atoms with E-state index in [1.807, 2.05) is 0 Å². The molecule has 0 aliphatic carbocycles. The number of likely N-dealkylation sites (N-methyl/N-ethyl adjacent to an activating group) is 1. The van der Waals surface area contributed by atoms with E-state index in [-0.39, 0.29) is 5.54 Å². The molecule has 0 aromatic heterocycles. The maximum Gasteiger partial charge on any atom is 0.0334 e. The number of rotatable bonds is 6. The zero-order chi connectivity index (χ0) is 15.3. The van der Waals surface area contributed by atoms with Crippen molar-refractivity contribution in [3.8, 4) is 0 Å². The van der Waals surface area contributed by atoms with Gasteiger partial charge >= 0.3 is 0 Å². The van der Waals surface area contributed by atoms with Gasteiger partial charge in [0.05, 0.1) is 0 Å². The molecule has 2 rings (SSSR count). The first-order chi connectivity index (χ1) is 10.1. The molecule has 1 aromatic rings. The highest BCUT2D eigenvalue weighted by molar-refractivity contribution is 5.27. The van der Waals surface area contributed by atoms with Crippen molar-refractivity contribution in [2.24, 2.45) is 0 Å². The Morgan fingerprint density at radius 1 is 1.19 bits per heavy atom. The summed E-state index contributed by atoms with van der Waals surface area (Å²) in [5.74, 6) is 0. The molecule has 0 radical (unpaired) electrons. The van der Waals surface area contributed by atoms with Crippen LogP contribution < -0.4 is 5.32 Å². The highest BCUT2D eigenvalue weighted by atomic mass is 15.2. The lowest BCUT2D eigenvalue weighted by atomic mass is 9.81. The van der Waals surface area contributed by atoms with E-state index in [0.29, 0.717) is 6.04 Å². The molecule has 1 aliphatic rings. The van der Waals surface area contributed by atoms with Crippen molar-refractivity contribution in [2.75, 3.05) is 20.1 Å². The van der Waals surface area contributed by atoms with Crippen LogP contribution in [0, 0.1) is 6.92 Å². The molecule has 1 saturated heterocycles. The molecule has 2 atom stereocenters. The molecule has 0 spiro atoms. The minimum absolute atomic E-state index is 0.247. The molecule has 0 saturated carbocycles. The molecule has 2 unspecified atom stereocenters. The molecule has 1 heterocycles. The number of aryl methyl sites for hydroxylation is 1. The molecule has 1 fully saturated rings. The molecule has 2 heteroatoms. The standard InChI is InChI=1S/C19H32N2/c1-5-19(3,21-13-9-6-10-14-21)18(20-4)15-17-12-8-7-11-16(17)2/h7-8,11-12,18,20H,5-6,9-10,13-15H2,1-4H3. The summed E-state index contributed by atoms with van der Waals surface area (Å²) in [5, 5.41) is 3.62. The van der Waals surface area contributed by atoms with Gasteiger partial charge in [-0.15, -0.1) is 0 Å². The van der Waals surface area contributed by atoms with E-state index in [1.54, 1.807) is 0 Å². The first kappa shape index (κ1) is 16.5. The Bertz CT molecular complexity index is 437. The van der Waals surface area contributed by atoms with Crippen molar-refractivity contribution in [1.29, 1.82) is 0 Å². The summed E-state index contributed by atoms with van der Waals surface area (Å²) in [5.41, 5.74) is 3.14. The Balaban J connectivity index is 2.18. The Morgan fingerprint density at radius 3 is 2.43 bits per heavy atom. The Labute approximate surface area is 130 Å². The number of nitrogens with one attached hydrogen (secondary N) is 1. The summed E-state index contributed by atoms with van der Waals surface area (Å²) < 4.78 is 0. The summed E-state index contributed by atoms with van der Waals surface area (Å²) in [6, 6.07) is 9.32. The Hall–Kier alpha value is -0.860. The van der Waals surface area contributed by atoms with Crippen LogP contribution >= 0.6 is 0 Å². The van der Waals surface area contributed by atoms with Crippen LogP contribution in [0.5, 0.6) is 0 Å². The van der Waals surface area contributed by atoms with Gasteiger partial charge < -0.3 is 5.32 Å². The van der Waals surface area contributed by atoms with Gasteiger partial charge in [-0.25, -0.2) is 0 Å². The van der Waals surface area contributed by atoms with Gasteiger partial charge in [-0.2, -0.15) is 0 Å². The van der Waals surface area contributed by atoms with E-state index in [0.717, 1.165) is 6.42 Å². The largest absolute Gasteiger partial charge is 0.315 e. The van der Waals surface area contributed by atoms with Crippen LogP contribution in [0.3, 0.4) is 0 Å². The van der Waals surface area contributed by atoms with E-state index in [4.69, 9.17) is 0 Å². The van der Waals surface area contributed by atoms with Gasteiger partial charge in [-0.05, 0) is 70.8 Å². The second-order valence-corrected chi connectivity index (χ2v) is 6.73. The third-order valence-corrected chi connectivity index (χ3v) is 5.58. The molecule has 0 bridgehead atoms. The number of hydrogen-bond donors (Lipinski definition) is 1. The van der Waals surface area contributed by atoms with Gasteiger partial charge in [0.2, 0.25) is 0 Å². The molecular weight excluding hydrogens is 256 g/mol. The first-order valence-corrected chi connectivity index (χ1v) is 8.58. The minimum Gasteiger partial charge on any atom is -0.315 e. The van der Waals surface area contributed by atoms with E-state index < -0.39 is 0 Å². The summed E-state index contributed by atoms with van der Waals surface area (Å²) >= 11 is 0. The van der Waals surface area contributed by atoms with Gasteiger partial charge in [-0.3, -0.25) is 4.90 Å². The molecule has 21 heavy (non-hydrogen) atoms. The molecule has 1 aliphatic heterocycles. The van der Waals surface area contributed by atoms with Crippen LogP contribution in [0.15, 0.2) is 24.3 Å². The zero-order valence-corrected chi connectivity index (χ0v) is 14.3. The van der Waals surface area contributed by atoms with Gasteiger partial charge in [0.1, 0.15) is 0 Å². The Kier molecular flexibility index (Phi) is 5.83. The predicted molar refractivity (Wildman–Crippen MR) is 91.9 cm³/mol. The van der Waals surface area contributed by atoms with E-state index in [1.165, 1.54) is 49.9 Å². The molecule has 118 valence electrons. The van der Waals surface area contributed by atoms with Gasteiger partial charge in [0.25, 0.3) is 0 Å². The van der Waals surface area contributed by atoms with Crippen molar-refractivity contribution in [3.63, 3.8) is 0 Å². The number of benzene rings is 1. The minimum atomic E-state index is 0.247. The predicted octanol–water partition coefficient (Wildman–Crippen LogP) is 3.78. The van der Waals surface area contributed by atoms with Crippen molar-refractivity contribution in [2.45, 2.75) is 64.5 Å². The number of likely N-dealkylation sites (tertiary alicyclic amines) is 1. The molecular formula is C19H32N2. The van der Waals surface area contributed by atoms with E-state index in [9.17, 15) is 0 Å². The lowest BCUT2D eigenvalue weighted by molar-refractivity contribution is 0.0452. The molecule has 1 aromatic carbocycles. The third kappa shape index (κ3) is 3.67. The second-order valence-electron chi connectivity index (χ2n) is 6.73. The Morgan fingerprint density at radius 2 is 1.86 bits per heavy atom. The molecule has 0 amide bonds. The van der Waals surface area contributed by atoms with Crippen molar-refractivity contribution < 1.29 is 0 Å². The third-order valence-electron chi connectivity index (χ3n) is 5.58. The van der Waals surface area contributed by atoms with E-state index >= 15 is 0 Å². The highest BCUT2D eigenvalue weighted by Crippen LogP contribution is 2.29. The fourth-order valence-electron chi connectivity index (χ4n) is 3.79. The molecule has 1 N–H and O–H groups in total. The fraction of sp³-hybridized carbons (Fsp3) is 0.684.